The number of halogens is 1. The minimum Gasteiger partial charge on any atom is -0.480 e. The molecule has 76 valence electrons. The Morgan fingerprint density at radius 1 is 1.50 bits per heavy atom. The highest BCUT2D eigenvalue weighted by Crippen LogP contribution is 2.13. The molecule has 0 amide bonds. The Morgan fingerprint density at radius 2 is 2.07 bits per heavy atom. The van der Waals surface area contributed by atoms with Crippen molar-refractivity contribution in [1.82, 2.24) is 0 Å². The van der Waals surface area contributed by atoms with Crippen molar-refractivity contribution < 1.29 is 9.90 Å². The standard InChI is InChI=1S/C9H11ClN2O2/c10-6-1-3-7(4-2-6)12-8(5-11)9(13)14/h1-4,8,12H,5,11H2,(H,13,14). The van der Waals surface area contributed by atoms with E-state index in [1.807, 2.05) is 0 Å². The first-order valence-corrected chi connectivity index (χ1v) is 4.46. The van der Waals surface area contributed by atoms with E-state index < -0.39 is 12.0 Å². The molecular weight excluding hydrogens is 204 g/mol. The van der Waals surface area contributed by atoms with E-state index in [4.69, 9.17) is 22.4 Å². The van der Waals surface area contributed by atoms with Crippen LogP contribution in [-0.4, -0.2) is 23.7 Å². The molecule has 5 heteroatoms. The first kappa shape index (κ1) is 10.8. The Labute approximate surface area is 86.7 Å². The lowest BCUT2D eigenvalue weighted by atomic mass is 10.2. The summed E-state index contributed by atoms with van der Waals surface area (Å²) in [4.78, 5) is 10.6. The number of aliphatic carboxylic acids is 1. The van der Waals surface area contributed by atoms with Crippen LogP contribution in [0.25, 0.3) is 0 Å². The molecule has 0 radical (unpaired) electrons. The van der Waals surface area contributed by atoms with E-state index in [0.717, 1.165) is 0 Å². The normalized spacial score (nSPS) is 12.1. The first-order valence-electron chi connectivity index (χ1n) is 4.08. The second kappa shape index (κ2) is 4.83. The third kappa shape index (κ3) is 2.90. The van der Waals surface area contributed by atoms with Gasteiger partial charge >= 0.3 is 5.97 Å². The van der Waals surface area contributed by atoms with Gasteiger partial charge in [-0.15, -0.1) is 0 Å². The lowest BCUT2D eigenvalue weighted by molar-refractivity contribution is -0.137. The molecule has 0 saturated carbocycles. The number of benzene rings is 1. The smallest absolute Gasteiger partial charge is 0.327 e. The molecule has 1 atom stereocenters. The van der Waals surface area contributed by atoms with E-state index in [1.54, 1.807) is 24.3 Å². The summed E-state index contributed by atoms with van der Waals surface area (Å²) in [5.41, 5.74) is 5.97. The molecule has 0 aliphatic carbocycles. The Morgan fingerprint density at radius 3 is 2.50 bits per heavy atom. The van der Waals surface area contributed by atoms with Gasteiger partial charge in [-0.1, -0.05) is 11.6 Å². The van der Waals surface area contributed by atoms with E-state index in [1.165, 1.54) is 0 Å². The molecule has 0 heterocycles. The molecule has 0 aliphatic heterocycles. The zero-order chi connectivity index (χ0) is 10.6. The molecule has 0 saturated heterocycles. The van der Waals surface area contributed by atoms with Gasteiger partial charge in [0.2, 0.25) is 0 Å². The number of nitrogens with two attached hydrogens (primary N) is 1. The van der Waals surface area contributed by atoms with Crippen molar-refractivity contribution in [3.8, 4) is 0 Å². The van der Waals surface area contributed by atoms with Crippen molar-refractivity contribution in [3.63, 3.8) is 0 Å². The maximum absolute atomic E-state index is 10.6. The zero-order valence-corrected chi connectivity index (χ0v) is 8.16. The molecule has 1 aromatic rings. The van der Waals surface area contributed by atoms with Crippen LogP contribution in [0, 0.1) is 0 Å². The third-order valence-corrected chi connectivity index (χ3v) is 1.97. The molecular formula is C9H11ClN2O2. The number of hydrogen-bond donors (Lipinski definition) is 3. The highest BCUT2D eigenvalue weighted by molar-refractivity contribution is 6.30. The van der Waals surface area contributed by atoms with Crippen molar-refractivity contribution in [2.75, 3.05) is 11.9 Å². The summed E-state index contributed by atoms with van der Waals surface area (Å²) in [6, 6.07) is 6.00. The van der Waals surface area contributed by atoms with Crippen molar-refractivity contribution >= 4 is 23.3 Å². The average molecular weight is 215 g/mol. The SMILES string of the molecule is NCC(Nc1ccc(Cl)cc1)C(=O)O. The van der Waals surface area contributed by atoms with Gasteiger partial charge in [-0.25, -0.2) is 4.79 Å². The van der Waals surface area contributed by atoms with Crippen LogP contribution in [0.1, 0.15) is 0 Å². The second-order valence-corrected chi connectivity index (χ2v) is 3.21. The van der Waals surface area contributed by atoms with Crippen LogP contribution < -0.4 is 11.1 Å². The Hall–Kier alpha value is -1.26. The van der Waals surface area contributed by atoms with Gasteiger partial charge in [-0.3, -0.25) is 0 Å². The fourth-order valence-corrected chi connectivity index (χ4v) is 1.09. The van der Waals surface area contributed by atoms with Gasteiger partial charge in [0, 0.05) is 17.3 Å². The van der Waals surface area contributed by atoms with Crippen LogP contribution in [0.4, 0.5) is 5.69 Å². The van der Waals surface area contributed by atoms with Crippen LogP contribution in [0.3, 0.4) is 0 Å². The van der Waals surface area contributed by atoms with Crippen LogP contribution in [0.15, 0.2) is 24.3 Å². The topological polar surface area (TPSA) is 75.3 Å². The van der Waals surface area contributed by atoms with Crippen molar-refractivity contribution in [2.45, 2.75) is 6.04 Å². The highest BCUT2D eigenvalue weighted by Gasteiger charge is 2.14. The van der Waals surface area contributed by atoms with Crippen LogP contribution in [-0.2, 0) is 4.79 Å². The number of carboxylic acids is 1. The van der Waals surface area contributed by atoms with Crippen molar-refractivity contribution in [3.05, 3.63) is 29.3 Å². The van der Waals surface area contributed by atoms with Gasteiger partial charge in [0.15, 0.2) is 0 Å². The molecule has 0 aliphatic rings. The van der Waals surface area contributed by atoms with Crippen LogP contribution in [0.2, 0.25) is 5.02 Å². The van der Waals surface area contributed by atoms with Crippen molar-refractivity contribution in [2.24, 2.45) is 5.73 Å². The molecule has 0 aromatic heterocycles. The number of rotatable bonds is 4. The lowest BCUT2D eigenvalue weighted by Crippen LogP contribution is -2.36. The summed E-state index contributed by atoms with van der Waals surface area (Å²) < 4.78 is 0. The molecule has 1 aromatic carbocycles. The molecule has 14 heavy (non-hydrogen) atoms. The summed E-state index contributed by atoms with van der Waals surface area (Å²) in [5.74, 6) is -0.970. The van der Waals surface area contributed by atoms with Crippen molar-refractivity contribution in [1.29, 1.82) is 0 Å². The third-order valence-electron chi connectivity index (χ3n) is 1.72. The quantitative estimate of drug-likeness (QED) is 0.703. The van der Waals surface area contributed by atoms with Gasteiger partial charge in [-0.05, 0) is 24.3 Å². The van der Waals surface area contributed by atoms with E-state index >= 15 is 0 Å². The van der Waals surface area contributed by atoms with Gasteiger partial charge in [0.1, 0.15) is 6.04 Å². The van der Waals surface area contributed by atoms with E-state index in [9.17, 15) is 4.79 Å². The maximum Gasteiger partial charge on any atom is 0.327 e. The summed E-state index contributed by atoms with van der Waals surface area (Å²) in [6.45, 7) is 0.0396. The predicted octanol–water partition coefficient (Wildman–Crippen LogP) is 1.16. The maximum atomic E-state index is 10.6. The molecule has 1 unspecified atom stereocenters. The number of anilines is 1. The molecule has 0 bridgehead atoms. The average Bonchev–Trinajstić information content (AvgIpc) is 2.16. The van der Waals surface area contributed by atoms with Gasteiger partial charge < -0.3 is 16.2 Å². The van der Waals surface area contributed by atoms with E-state index in [0.29, 0.717) is 10.7 Å². The van der Waals surface area contributed by atoms with E-state index in [-0.39, 0.29) is 6.54 Å². The second-order valence-electron chi connectivity index (χ2n) is 2.78. The largest absolute Gasteiger partial charge is 0.480 e. The first-order chi connectivity index (χ1) is 6.63. The Bertz CT molecular complexity index is 313. The summed E-state index contributed by atoms with van der Waals surface area (Å²) in [5, 5.41) is 12.1. The lowest BCUT2D eigenvalue weighted by Gasteiger charge is -2.13. The molecule has 4 nitrogen and oxygen atoms in total. The summed E-state index contributed by atoms with van der Waals surface area (Å²) in [6.07, 6.45) is 0. The summed E-state index contributed by atoms with van der Waals surface area (Å²) in [7, 11) is 0. The predicted molar refractivity (Wildman–Crippen MR) is 55.6 cm³/mol. The molecule has 0 fully saturated rings. The summed E-state index contributed by atoms with van der Waals surface area (Å²) >= 11 is 5.68. The van der Waals surface area contributed by atoms with Gasteiger partial charge in [-0.2, -0.15) is 0 Å². The van der Waals surface area contributed by atoms with E-state index in [2.05, 4.69) is 5.32 Å². The highest BCUT2D eigenvalue weighted by atomic mass is 35.5. The molecule has 4 N–H and O–H groups in total. The van der Waals surface area contributed by atoms with Gasteiger partial charge in [0.05, 0.1) is 0 Å². The Balaban J connectivity index is 2.67. The Kier molecular flexibility index (Phi) is 3.73. The molecule has 1 rings (SSSR count). The minimum atomic E-state index is -0.970. The van der Waals surface area contributed by atoms with Crippen LogP contribution in [0.5, 0.6) is 0 Å². The fraction of sp³-hybridized carbons (Fsp3) is 0.222. The zero-order valence-electron chi connectivity index (χ0n) is 7.40. The fourth-order valence-electron chi connectivity index (χ4n) is 0.969. The monoisotopic (exact) mass is 214 g/mol. The number of hydrogen-bond acceptors (Lipinski definition) is 3. The molecule has 0 spiro atoms. The number of carbonyl (C=O) groups is 1. The van der Waals surface area contributed by atoms with Crippen LogP contribution >= 0.6 is 11.6 Å². The number of carboxylic acid groups (broad SMARTS) is 1. The minimum absolute atomic E-state index is 0.0396. The van der Waals surface area contributed by atoms with Gasteiger partial charge in [0.25, 0.3) is 0 Å². The number of nitrogens with one attached hydrogen (secondary N) is 1.